The van der Waals surface area contributed by atoms with E-state index in [4.69, 9.17) is 0 Å². The monoisotopic (exact) mass is 501 g/mol. The highest BCUT2D eigenvalue weighted by atomic mass is 32.2. The van der Waals surface area contributed by atoms with Crippen molar-refractivity contribution < 1.29 is 31.2 Å². The SMILES string of the molecule is O=C(NCc1ccc(C(F)(F)F)cc1)[C@H]1CCCN1C(=O)[C@H]1CCCN(S(=O)(=O)C2CCC2)C1. The predicted molar refractivity (Wildman–Crippen MR) is 119 cm³/mol. The van der Waals surface area contributed by atoms with Gasteiger partial charge in [0.2, 0.25) is 21.8 Å². The van der Waals surface area contributed by atoms with Crippen LogP contribution >= 0.6 is 0 Å². The molecule has 2 aliphatic heterocycles. The number of nitrogens with one attached hydrogen (secondary N) is 1. The zero-order chi connectivity index (χ0) is 24.5. The van der Waals surface area contributed by atoms with Crippen molar-refractivity contribution in [3.05, 3.63) is 35.4 Å². The van der Waals surface area contributed by atoms with Crippen molar-refractivity contribution in [1.82, 2.24) is 14.5 Å². The number of hydrogen-bond donors (Lipinski definition) is 1. The second-order valence-corrected chi connectivity index (χ2v) is 11.6. The molecule has 3 fully saturated rings. The van der Waals surface area contributed by atoms with Crippen LogP contribution < -0.4 is 5.32 Å². The number of amides is 2. The van der Waals surface area contributed by atoms with E-state index in [0.29, 0.717) is 57.2 Å². The zero-order valence-corrected chi connectivity index (χ0v) is 19.7. The van der Waals surface area contributed by atoms with Gasteiger partial charge >= 0.3 is 6.18 Å². The summed E-state index contributed by atoms with van der Waals surface area (Å²) in [5, 5.41) is 2.39. The van der Waals surface area contributed by atoms with Crippen LogP contribution in [0.25, 0.3) is 0 Å². The first-order valence-corrected chi connectivity index (χ1v) is 13.3. The average Bonchev–Trinajstić information content (AvgIpc) is 3.25. The summed E-state index contributed by atoms with van der Waals surface area (Å²) in [6, 6.07) is 3.93. The van der Waals surface area contributed by atoms with E-state index in [1.54, 1.807) is 4.90 Å². The maximum absolute atomic E-state index is 13.3. The number of carbonyl (C=O) groups is 2. The highest BCUT2D eigenvalue weighted by molar-refractivity contribution is 7.89. The summed E-state index contributed by atoms with van der Waals surface area (Å²) in [5.41, 5.74) is -0.225. The van der Waals surface area contributed by atoms with E-state index in [-0.39, 0.29) is 30.2 Å². The molecule has 188 valence electrons. The minimum absolute atomic E-state index is 0.0618. The van der Waals surface area contributed by atoms with E-state index in [2.05, 4.69) is 5.32 Å². The van der Waals surface area contributed by atoms with Gasteiger partial charge in [-0.3, -0.25) is 9.59 Å². The van der Waals surface area contributed by atoms with E-state index in [9.17, 15) is 31.2 Å². The van der Waals surface area contributed by atoms with Crippen molar-refractivity contribution in [2.24, 2.45) is 5.92 Å². The number of hydrogen-bond acceptors (Lipinski definition) is 4. The number of alkyl halides is 3. The van der Waals surface area contributed by atoms with E-state index in [1.807, 2.05) is 0 Å². The average molecular weight is 502 g/mol. The summed E-state index contributed by atoms with van der Waals surface area (Å²) in [5.74, 6) is -1.01. The van der Waals surface area contributed by atoms with E-state index >= 15 is 0 Å². The van der Waals surface area contributed by atoms with Crippen LogP contribution in [0.3, 0.4) is 0 Å². The fourth-order valence-corrected chi connectivity index (χ4v) is 7.03. The molecule has 0 aromatic heterocycles. The standard InChI is InChI=1S/C23H30F3N3O4S/c24-23(25,26)18-10-8-16(9-11-18)14-27-21(30)20-7-3-13-29(20)22(31)17-4-2-12-28(15-17)34(32,33)19-5-1-6-19/h8-11,17,19-20H,1-7,12-15H2,(H,27,30)/t17-,20+/m0/s1. The molecular formula is C23H30F3N3O4S. The minimum atomic E-state index is -4.42. The van der Waals surface area contributed by atoms with Crippen molar-refractivity contribution in [2.75, 3.05) is 19.6 Å². The van der Waals surface area contributed by atoms with Crippen LogP contribution in [0.4, 0.5) is 13.2 Å². The van der Waals surface area contributed by atoms with Crippen LogP contribution in [0.2, 0.25) is 0 Å². The molecule has 2 amide bonds. The van der Waals surface area contributed by atoms with Crippen LogP contribution in [-0.4, -0.2) is 60.4 Å². The van der Waals surface area contributed by atoms with Gasteiger partial charge in [-0.05, 0) is 56.2 Å². The van der Waals surface area contributed by atoms with Gasteiger partial charge in [-0.2, -0.15) is 13.2 Å². The van der Waals surface area contributed by atoms with Gasteiger partial charge in [-0.15, -0.1) is 0 Å². The first-order chi connectivity index (χ1) is 16.1. The molecule has 2 saturated heterocycles. The molecule has 34 heavy (non-hydrogen) atoms. The number of benzene rings is 1. The Balaban J connectivity index is 1.34. The fourth-order valence-electron chi connectivity index (χ4n) is 4.91. The summed E-state index contributed by atoms with van der Waals surface area (Å²) < 4.78 is 65.2. The lowest BCUT2D eigenvalue weighted by atomic mass is 9.97. The number of likely N-dealkylation sites (tertiary alicyclic amines) is 1. The largest absolute Gasteiger partial charge is 0.416 e. The molecule has 7 nitrogen and oxygen atoms in total. The summed E-state index contributed by atoms with van der Waals surface area (Å²) >= 11 is 0. The Morgan fingerprint density at radius 2 is 1.65 bits per heavy atom. The first-order valence-electron chi connectivity index (χ1n) is 11.8. The number of halogens is 3. The smallest absolute Gasteiger partial charge is 0.350 e. The molecule has 3 aliphatic rings. The van der Waals surface area contributed by atoms with Crippen LogP contribution in [0.5, 0.6) is 0 Å². The molecule has 2 atom stereocenters. The topological polar surface area (TPSA) is 86.8 Å². The van der Waals surface area contributed by atoms with Gasteiger partial charge in [0.25, 0.3) is 0 Å². The third-order valence-corrected chi connectivity index (χ3v) is 9.52. The molecule has 1 N–H and O–H groups in total. The Bertz CT molecular complexity index is 1010. The summed E-state index contributed by atoms with van der Waals surface area (Å²) in [4.78, 5) is 27.6. The van der Waals surface area contributed by atoms with Gasteiger partial charge in [0.05, 0.1) is 16.7 Å². The van der Waals surface area contributed by atoms with Gasteiger partial charge in [-0.1, -0.05) is 18.6 Å². The summed E-state index contributed by atoms with van der Waals surface area (Å²) in [6.45, 7) is 1.09. The molecule has 0 bridgehead atoms. The van der Waals surface area contributed by atoms with Crippen molar-refractivity contribution in [3.63, 3.8) is 0 Å². The van der Waals surface area contributed by atoms with Gasteiger partial charge in [0.15, 0.2) is 0 Å². The molecule has 0 spiro atoms. The molecular weight excluding hydrogens is 471 g/mol. The molecule has 1 saturated carbocycles. The normalized spacial score (nSPS) is 24.6. The van der Waals surface area contributed by atoms with Crippen molar-refractivity contribution in [3.8, 4) is 0 Å². The third-order valence-electron chi connectivity index (χ3n) is 7.15. The third kappa shape index (κ3) is 5.25. The van der Waals surface area contributed by atoms with Crippen LogP contribution in [-0.2, 0) is 32.3 Å². The number of rotatable bonds is 6. The molecule has 0 unspecified atom stereocenters. The number of sulfonamides is 1. The lowest BCUT2D eigenvalue weighted by molar-refractivity contribution is -0.142. The molecule has 1 aliphatic carbocycles. The number of piperidine rings is 1. The summed E-state index contributed by atoms with van der Waals surface area (Å²) in [7, 11) is -3.38. The lowest BCUT2D eigenvalue weighted by Gasteiger charge is -2.38. The number of carbonyl (C=O) groups excluding carboxylic acids is 2. The second-order valence-electron chi connectivity index (χ2n) is 9.40. The fraction of sp³-hybridized carbons (Fsp3) is 0.652. The minimum Gasteiger partial charge on any atom is -0.350 e. The molecule has 4 rings (SSSR count). The van der Waals surface area contributed by atoms with Gasteiger partial charge in [0.1, 0.15) is 6.04 Å². The van der Waals surface area contributed by atoms with Crippen molar-refractivity contribution in [1.29, 1.82) is 0 Å². The van der Waals surface area contributed by atoms with Gasteiger partial charge in [-0.25, -0.2) is 12.7 Å². The molecule has 11 heteroatoms. The molecule has 0 radical (unpaired) electrons. The molecule has 1 aromatic rings. The second kappa shape index (κ2) is 9.85. The van der Waals surface area contributed by atoms with E-state index in [0.717, 1.165) is 18.6 Å². The summed E-state index contributed by atoms with van der Waals surface area (Å²) in [6.07, 6.45) is 0.209. The molecule has 1 aromatic carbocycles. The highest BCUT2D eigenvalue weighted by Crippen LogP contribution is 2.32. The quantitative estimate of drug-likeness (QED) is 0.650. The number of nitrogens with zero attached hydrogens (tertiary/aromatic N) is 2. The maximum Gasteiger partial charge on any atom is 0.416 e. The zero-order valence-electron chi connectivity index (χ0n) is 18.9. The van der Waals surface area contributed by atoms with Gasteiger partial charge < -0.3 is 10.2 Å². The Morgan fingerprint density at radius 3 is 2.26 bits per heavy atom. The van der Waals surface area contributed by atoms with E-state index < -0.39 is 33.7 Å². The maximum atomic E-state index is 13.3. The Morgan fingerprint density at radius 1 is 0.971 bits per heavy atom. The first kappa shape index (κ1) is 25.0. The van der Waals surface area contributed by atoms with Crippen LogP contribution in [0, 0.1) is 5.92 Å². The van der Waals surface area contributed by atoms with E-state index in [1.165, 1.54) is 16.4 Å². The Hall–Kier alpha value is -2.14. The lowest BCUT2D eigenvalue weighted by Crippen LogP contribution is -2.52. The van der Waals surface area contributed by atoms with Crippen LogP contribution in [0.15, 0.2) is 24.3 Å². The van der Waals surface area contributed by atoms with Crippen LogP contribution in [0.1, 0.15) is 56.1 Å². The Labute approximate surface area is 197 Å². The highest BCUT2D eigenvalue weighted by Gasteiger charge is 2.42. The molecule has 2 heterocycles. The predicted octanol–water partition coefficient (Wildman–Crippen LogP) is 2.91. The Kier molecular flexibility index (Phi) is 7.23. The van der Waals surface area contributed by atoms with Crippen molar-refractivity contribution in [2.45, 2.75) is 69.0 Å². The van der Waals surface area contributed by atoms with Gasteiger partial charge in [0, 0.05) is 26.2 Å². The van der Waals surface area contributed by atoms with Crippen molar-refractivity contribution >= 4 is 21.8 Å².